The van der Waals surface area contributed by atoms with Crippen molar-refractivity contribution in [2.24, 2.45) is 0 Å². The Kier molecular flexibility index (Phi) is 4.76. The number of nitrogens with zero attached hydrogens (tertiary/aromatic N) is 3. The summed E-state index contributed by atoms with van der Waals surface area (Å²) in [7, 11) is 1.65. The van der Waals surface area contributed by atoms with Gasteiger partial charge in [0.05, 0.1) is 12.1 Å². The molecular formula is C15H24ClN3O. The van der Waals surface area contributed by atoms with Gasteiger partial charge in [-0.3, -0.25) is 4.90 Å². The molecule has 1 aromatic rings. The van der Waals surface area contributed by atoms with E-state index in [2.05, 4.69) is 35.6 Å². The fraction of sp³-hybridized carbons (Fsp3) is 0.667. The second kappa shape index (κ2) is 6.19. The van der Waals surface area contributed by atoms with Crippen LogP contribution in [0.1, 0.15) is 27.2 Å². The molecule has 0 N–H and O–H groups in total. The van der Waals surface area contributed by atoms with Gasteiger partial charge in [0.1, 0.15) is 5.69 Å². The van der Waals surface area contributed by atoms with Gasteiger partial charge in [-0.1, -0.05) is 11.6 Å². The normalized spacial score (nSPS) is 17.9. The van der Waals surface area contributed by atoms with Crippen LogP contribution in [0.5, 0.6) is 5.88 Å². The Bertz CT molecular complexity index is 459. The minimum Gasteiger partial charge on any atom is -0.480 e. The van der Waals surface area contributed by atoms with E-state index in [1.54, 1.807) is 13.3 Å². The molecule has 0 aromatic carbocycles. The Balaban J connectivity index is 2.16. The minimum atomic E-state index is 0.215. The van der Waals surface area contributed by atoms with Crippen LogP contribution in [-0.2, 0) is 0 Å². The van der Waals surface area contributed by atoms with Crippen molar-refractivity contribution in [2.45, 2.75) is 32.7 Å². The Hall–Kier alpha value is -1.00. The minimum absolute atomic E-state index is 0.215. The first kappa shape index (κ1) is 15.4. The molecular weight excluding hydrogens is 274 g/mol. The van der Waals surface area contributed by atoms with Crippen molar-refractivity contribution in [3.8, 4) is 5.88 Å². The Morgan fingerprint density at radius 1 is 1.20 bits per heavy atom. The lowest BCUT2D eigenvalue weighted by molar-refractivity contribution is 0.148. The van der Waals surface area contributed by atoms with Crippen molar-refractivity contribution >= 4 is 17.3 Å². The first-order valence-electron chi connectivity index (χ1n) is 7.11. The summed E-state index contributed by atoms with van der Waals surface area (Å²) in [5.74, 6) is 0.651. The van der Waals surface area contributed by atoms with E-state index < -0.39 is 0 Å². The molecule has 1 aliphatic rings. The molecule has 0 aliphatic carbocycles. The second-order valence-corrected chi connectivity index (χ2v) is 6.62. The molecule has 0 amide bonds. The third kappa shape index (κ3) is 3.55. The van der Waals surface area contributed by atoms with E-state index in [-0.39, 0.29) is 5.54 Å². The predicted octanol–water partition coefficient (Wildman–Crippen LogP) is 3.05. The van der Waals surface area contributed by atoms with Crippen molar-refractivity contribution in [2.75, 3.05) is 38.2 Å². The van der Waals surface area contributed by atoms with Gasteiger partial charge in [0.25, 0.3) is 0 Å². The largest absolute Gasteiger partial charge is 0.480 e. The van der Waals surface area contributed by atoms with Crippen molar-refractivity contribution in [1.82, 2.24) is 9.88 Å². The molecule has 1 aliphatic heterocycles. The average Bonchev–Trinajstić information content (AvgIpc) is 2.63. The first-order chi connectivity index (χ1) is 9.41. The molecule has 0 radical (unpaired) electrons. The van der Waals surface area contributed by atoms with Crippen LogP contribution in [0, 0.1) is 0 Å². The summed E-state index contributed by atoms with van der Waals surface area (Å²) in [5.41, 5.74) is 1.21. The third-order valence-corrected chi connectivity index (χ3v) is 3.98. The number of ether oxygens (including phenoxy) is 1. The number of hydrogen-bond acceptors (Lipinski definition) is 4. The number of aromatic nitrogens is 1. The van der Waals surface area contributed by atoms with Crippen LogP contribution < -0.4 is 9.64 Å². The highest BCUT2D eigenvalue weighted by Crippen LogP contribution is 2.30. The maximum atomic E-state index is 6.08. The SMILES string of the molecule is COc1ncc(Cl)cc1N1CCCN(C(C)(C)C)CC1. The van der Waals surface area contributed by atoms with Gasteiger partial charge in [0.15, 0.2) is 0 Å². The van der Waals surface area contributed by atoms with E-state index >= 15 is 0 Å². The highest BCUT2D eigenvalue weighted by atomic mass is 35.5. The summed E-state index contributed by atoms with van der Waals surface area (Å²) in [4.78, 5) is 9.11. The average molecular weight is 298 g/mol. The van der Waals surface area contributed by atoms with Crippen LogP contribution in [0.15, 0.2) is 12.3 Å². The lowest BCUT2D eigenvalue weighted by atomic mass is 10.1. The van der Waals surface area contributed by atoms with Crippen LogP contribution in [-0.4, -0.2) is 48.7 Å². The van der Waals surface area contributed by atoms with E-state index in [0.717, 1.165) is 38.3 Å². The number of hydrogen-bond donors (Lipinski definition) is 0. The zero-order valence-electron chi connectivity index (χ0n) is 12.8. The highest BCUT2D eigenvalue weighted by molar-refractivity contribution is 6.30. The Labute approximate surface area is 126 Å². The zero-order chi connectivity index (χ0) is 14.8. The van der Waals surface area contributed by atoms with E-state index in [1.165, 1.54) is 0 Å². The van der Waals surface area contributed by atoms with Gasteiger partial charge in [-0.25, -0.2) is 4.98 Å². The summed E-state index contributed by atoms with van der Waals surface area (Å²) in [6.07, 6.45) is 2.76. The van der Waals surface area contributed by atoms with Crippen molar-refractivity contribution in [3.05, 3.63) is 17.3 Å². The molecule has 0 saturated carbocycles. The number of halogens is 1. The number of methoxy groups -OCH3 is 1. The lowest BCUT2D eigenvalue weighted by Gasteiger charge is -2.34. The maximum absolute atomic E-state index is 6.08. The van der Waals surface area contributed by atoms with Gasteiger partial charge in [0, 0.05) is 37.9 Å². The number of anilines is 1. The number of rotatable bonds is 2. The van der Waals surface area contributed by atoms with Crippen LogP contribution >= 0.6 is 11.6 Å². The highest BCUT2D eigenvalue weighted by Gasteiger charge is 2.25. The predicted molar refractivity (Wildman–Crippen MR) is 84.0 cm³/mol. The molecule has 4 nitrogen and oxygen atoms in total. The van der Waals surface area contributed by atoms with Gasteiger partial charge < -0.3 is 9.64 Å². The summed E-state index contributed by atoms with van der Waals surface area (Å²) in [5, 5.41) is 0.651. The van der Waals surface area contributed by atoms with E-state index in [9.17, 15) is 0 Å². The summed E-state index contributed by atoms with van der Waals surface area (Å²) in [6.45, 7) is 10.9. The topological polar surface area (TPSA) is 28.6 Å². The molecule has 1 fully saturated rings. The second-order valence-electron chi connectivity index (χ2n) is 6.18. The van der Waals surface area contributed by atoms with Crippen molar-refractivity contribution in [1.29, 1.82) is 0 Å². The molecule has 5 heteroatoms. The van der Waals surface area contributed by atoms with E-state index in [0.29, 0.717) is 10.9 Å². The van der Waals surface area contributed by atoms with Crippen LogP contribution in [0.3, 0.4) is 0 Å². The first-order valence-corrected chi connectivity index (χ1v) is 7.49. The van der Waals surface area contributed by atoms with Gasteiger partial charge in [-0.05, 0) is 33.3 Å². The van der Waals surface area contributed by atoms with Crippen LogP contribution in [0.25, 0.3) is 0 Å². The molecule has 1 aromatic heterocycles. The molecule has 20 heavy (non-hydrogen) atoms. The zero-order valence-corrected chi connectivity index (χ0v) is 13.6. The molecule has 0 spiro atoms. The Morgan fingerprint density at radius 2 is 1.95 bits per heavy atom. The van der Waals surface area contributed by atoms with Crippen LogP contribution in [0.4, 0.5) is 5.69 Å². The van der Waals surface area contributed by atoms with Crippen LogP contribution in [0.2, 0.25) is 5.02 Å². The van der Waals surface area contributed by atoms with Gasteiger partial charge >= 0.3 is 0 Å². The lowest BCUT2D eigenvalue weighted by Crippen LogP contribution is -2.43. The third-order valence-electron chi connectivity index (χ3n) is 3.78. The van der Waals surface area contributed by atoms with Crippen molar-refractivity contribution < 1.29 is 4.74 Å². The Morgan fingerprint density at radius 3 is 2.60 bits per heavy atom. The molecule has 0 bridgehead atoms. The summed E-state index contributed by atoms with van der Waals surface area (Å²) < 4.78 is 5.36. The summed E-state index contributed by atoms with van der Waals surface area (Å²) in [6, 6.07) is 1.94. The van der Waals surface area contributed by atoms with Gasteiger partial charge in [-0.15, -0.1) is 0 Å². The molecule has 0 unspecified atom stereocenters. The standard InChI is InChI=1S/C15H24ClN3O/c1-15(2,3)19-7-5-6-18(8-9-19)13-10-12(16)11-17-14(13)20-4/h10-11H,5-9H2,1-4H3. The molecule has 112 valence electrons. The molecule has 1 saturated heterocycles. The maximum Gasteiger partial charge on any atom is 0.237 e. The fourth-order valence-electron chi connectivity index (χ4n) is 2.63. The van der Waals surface area contributed by atoms with E-state index in [4.69, 9.17) is 16.3 Å². The van der Waals surface area contributed by atoms with Crippen molar-refractivity contribution in [3.63, 3.8) is 0 Å². The quantitative estimate of drug-likeness (QED) is 0.839. The fourth-order valence-corrected chi connectivity index (χ4v) is 2.78. The smallest absolute Gasteiger partial charge is 0.237 e. The van der Waals surface area contributed by atoms with Gasteiger partial charge in [-0.2, -0.15) is 0 Å². The van der Waals surface area contributed by atoms with E-state index in [1.807, 2.05) is 6.07 Å². The number of pyridine rings is 1. The molecule has 2 rings (SSSR count). The molecule has 2 heterocycles. The summed E-state index contributed by atoms with van der Waals surface area (Å²) >= 11 is 6.08. The molecule has 0 atom stereocenters. The monoisotopic (exact) mass is 297 g/mol. The van der Waals surface area contributed by atoms with Gasteiger partial charge in [0.2, 0.25) is 5.88 Å².